The number of carbonyl (C=O) groups excluding carboxylic acids is 1. The standard InChI is InChI=1S/C20H24N2O3/c1-3-25-16-10-8-15(9-11-16)20(23)22-13-12-21-14-18(22)17-6-4-5-7-19(17)24-2/h4-11,18,21H,3,12-14H2,1-2H3. The summed E-state index contributed by atoms with van der Waals surface area (Å²) in [6.45, 7) is 4.71. The maximum absolute atomic E-state index is 13.1. The minimum Gasteiger partial charge on any atom is -0.496 e. The second-order valence-electron chi connectivity index (χ2n) is 5.92. The molecule has 1 aliphatic heterocycles. The fourth-order valence-electron chi connectivity index (χ4n) is 3.19. The van der Waals surface area contributed by atoms with Crippen LogP contribution < -0.4 is 14.8 Å². The van der Waals surface area contributed by atoms with Gasteiger partial charge in [-0.1, -0.05) is 18.2 Å². The van der Waals surface area contributed by atoms with E-state index in [-0.39, 0.29) is 11.9 Å². The van der Waals surface area contributed by atoms with Gasteiger partial charge in [-0.05, 0) is 37.3 Å². The average molecular weight is 340 g/mol. The first kappa shape index (κ1) is 17.3. The lowest BCUT2D eigenvalue weighted by Crippen LogP contribution is -2.48. The fourth-order valence-corrected chi connectivity index (χ4v) is 3.19. The molecule has 5 heteroatoms. The van der Waals surface area contributed by atoms with Gasteiger partial charge in [-0.2, -0.15) is 0 Å². The third-order valence-corrected chi connectivity index (χ3v) is 4.41. The second kappa shape index (κ2) is 8.03. The van der Waals surface area contributed by atoms with Crippen molar-refractivity contribution in [2.24, 2.45) is 0 Å². The minimum atomic E-state index is -0.0519. The summed E-state index contributed by atoms with van der Waals surface area (Å²) in [5.41, 5.74) is 1.70. The molecule has 0 spiro atoms. The Kier molecular flexibility index (Phi) is 5.56. The van der Waals surface area contributed by atoms with Gasteiger partial charge in [0.2, 0.25) is 0 Å². The van der Waals surface area contributed by atoms with E-state index in [0.717, 1.165) is 23.6 Å². The Morgan fingerprint density at radius 3 is 2.68 bits per heavy atom. The van der Waals surface area contributed by atoms with Crippen LogP contribution in [0.1, 0.15) is 28.9 Å². The molecule has 1 unspecified atom stereocenters. The molecule has 1 atom stereocenters. The van der Waals surface area contributed by atoms with E-state index in [0.29, 0.717) is 25.3 Å². The maximum Gasteiger partial charge on any atom is 0.254 e. The van der Waals surface area contributed by atoms with E-state index >= 15 is 0 Å². The van der Waals surface area contributed by atoms with Crippen LogP contribution in [-0.2, 0) is 0 Å². The summed E-state index contributed by atoms with van der Waals surface area (Å²) in [5.74, 6) is 1.61. The zero-order valence-corrected chi connectivity index (χ0v) is 14.7. The average Bonchev–Trinajstić information content (AvgIpc) is 2.68. The number of hydrogen-bond acceptors (Lipinski definition) is 4. The molecule has 1 saturated heterocycles. The minimum absolute atomic E-state index is 0.0282. The van der Waals surface area contributed by atoms with Gasteiger partial charge in [0.05, 0.1) is 19.8 Å². The van der Waals surface area contributed by atoms with Crippen molar-refractivity contribution in [1.29, 1.82) is 0 Å². The molecule has 25 heavy (non-hydrogen) atoms. The first-order chi connectivity index (χ1) is 12.2. The Labute approximate surface area is 148 Å². The van der Waals surface area contributed by atoms with Gasteiger partial charge < -0.3 is 19.7 Å². The highest BCUT2D eigenvalue weighted by atomic mass is 16.5. The maximum atomic E-state index is 13.1. The van der Waals surface area contributed by atoms with Gasteiger partial charge >= 0.3 is 0 Å². The zero-order valence-electron chi connectivity index (χ0n) is 14.7. The smallest absolute Gasteiger partial charge is 0.254 e. The normalized spacial score (nSPS) is 17.2. The number of piperazine rings is 1. The summed E-state index contributed by atoms with van der Waals surface area (Å²) in [7, 11) is 1.66. The molecule has 5 nitrogen and oxygen atoms in total. The fraction of sp³-hybridized carbons (Fsp3) is 0.350. The van der Waals surface area contributed by atoms with Gasteiger partial charge in [-0.25, -0.2) is 0 Å². The highest BCUT2D eigenvalue weighted by molar-refractivity contribution is 5.94. The number of benzene rings is 2. The monoisotopic (exact) mass is 340 g/mol. The molecule has 0 bridgehead atoms. The summed E-state index contributed by atoms with van der Waals surface area (Å²) >= 11 is 0. The molecular weight excluding hydrogens is 316 g/mol. The van der Waals surface area contributed by atoms with Crippen LogP contribution in [0.3, 0.4) is 0 Å². The van der Waals surface area contributed by atoms with Crippen LogP contribution >= 0.6 is 0 Å². The van der Waals surface area contributed by atoms with E-state index in [4.69, 9.17) is 9.47 Å². The van der Waals surface area contributed by atoms with E-state index in [9.17, 15) is 4.79 Å². The molecule has 0 saturated carbocycles. The van der Waals surface area contributed by atoms with Crippen LogP contribution in [0.4, 0.5) is 0 Å². The molecule has 2 aromatic rings. The predicted octanol–water partition coefficient (Wildman–Crippen LogP) is 2.88. The lowest BCUT2D eigenvalue weighted by atomic mass is 10.0. The van der Waals surface area contributed by atoms with Crippen LogP contribution in [0, 0.1) is 0 Å². The number of nitrogens with zero attached hydrogens (tertiary/aromatic N) is 1. The Morgan fingerprint density at radius 2 is 1.96 bits per heavy atom. The molecule has 0 radical (unpaired) electrons. The van der Waals surface area contributed by atoms with Crippen molar-refractivity contribution in [2.45, 2.75) is 13.0 Å². The molecule has 0 aliphatic carbocycles. The van der Waals surface area contributed by atoms with Crippen LogP contribution in [0.2, 0.25) is 0 Å². The number of nitrogens with one attached hydrogen (secondary N) is 1. The SMILES string of the molecule is CCOc1ccc(C(=O)N2CCNCC2c2ccccc2OC)cc1. The molecule has 0 aromatic heterocycles. The largest absolute Gasteiger partial charge is 0.496 e. The highest BCUT2D eigenvalue weighted by Gasteiger charge is 2.30. The number of ether oxygens (including phenoxy) is 2. The first-order valence-electron chi connectivity index (χ1n) is 8.62. The van der Waals surface area contributed by atoms with Gasteiger partial charge in [-0.15, -0.1) is 0 Å². The topological polar surface area (TPSA) is 50.8 Å². The van der Waals surface area contributed by atoms with Crippen LogP contribution in [0.15, 0.2) is 48.5 Å². The van der Waals surface area contributed by atoms with E-state index < -0.39 is 0 Å². The van der Waals surface area contributed by atoms with Gasteiger partial charge in [0.15, 0.2) is 0 Å². The quantitative estimate of drug-likeness (QED) is 0.909. The molecule has 1 aliphatic rings. The number of carbonyl (C=O) groups is 1. The Balaban J connectivity index is 1.86. The van der Waals surface area contributed by atoms with Crippen LogP contribution in [-0.4, -0.2) is 44.2 Å². The lowest BCUT2D eigenvalue weighted by molar-refractivity contribution is 0.0631. The lowest BCUT2D eigenvalue weighted by Gasteiger charge is -2.37. The summed E-state index contributed by atoms with van der Waals surface area (Å²) < 4.78 is 10.9. The summed E-state index contributed by atoms with van der Waals surface area (Å²) in [4.78, 5) is 15.0. The summed E-state index contributed by atoms with van der Waals surface area (Å²) in [6, 6.07) is 15.2. The first-order valence-corrected chi connectivity index (χ1v) is 8.62. The number of methoxy groups -OCH3 is 1. The number of rotatable bonds is 5. The number of para-hydroxylation sites is 1. The van der Waals surface area contributed by atoms with Crippen molar-refractivity contribution in [3.8, 4) is 11.5 Å². The molecule has 132 valence electrons. The van der Waals surface area contributed by atoms with Crippen molar-refractivity contribution in [3.63, 3.8) is 0 Å². The number of amides is 1. The van der Waals surface area contributed by atoms with Crippen molar-refractivity contribution < 1.29 is 14.3 Å². The molecule has 1 amide bonds. The Morgan fingerprint density at radius 1 is 1.20 bits per heavy atom. The summed E-state index contributed by atoms with van der Waals surface area (Å²) in [6.07, 6.45) is 0. The molecular formula is C20H24N2O3. The van der Waals surface area contributed by atoms with E-state index in [1.165, 1.54) is 0 Å². The van der Waals surface area contributed by atoms with Gasteiger partial charge in [-0.3, -0.25) is 4.79 Å². The van der Waals surface area contributed by atoms with Crippen molar-refractivity contribution in [1.82, 2.24) is 10.2 Å². The molecule has 1 N–H and O–H groups in total. The van der Waals surface area contributed by atoms with Gasteiger partial charge in [0.1, 0.15) is 11.5 Å². The van der Waals surface area contributed by atoms with Gasteiger partial charge in [0.25, 0.3) is 5.91 Å². The van der Waals surface area contributed by atoms with Gasteiger partial charge in [0, 0.05) is 30.8 Å². The molecule has 2 aromatic carbocycles. The van der Waals surface area contributed by atoms with Crippen LogP contribution in [0.5, 0.6) is 11.5 Å². The van der Waals surface area contributed by atoms with Crippen molar-refractivity contribution >= 4 is 5.91 Å². The highest BCUT2D eigenvalue weighted by Crippen LogP contribution is 2.31. The Hall–Kier alpha value is -2.53. The zero-order chi connectivity index (χ0) is 17.6. The molecule has 1 fully saturated rings. The third-order valence-electron chi connectivity index (χ3n) is 4.41. The third kappa shape index (κ3) is 3.77. The van der Waals surface area contributed by atoms with Crippen LogP contribution in [0.25, 0.3) is 0 Å². The second-order valence-corrected chi connectivity index (χ2v) is 5.92. The Bertz CT molecular complexity index is 715. The van der Waals surface area contributed by atoms with E-state index in [1.54, 1.807) is 7.11 Å². The number of hydrogen-bond donors (Lipinski definition) is 1. The van der Waals surface area contributed by atoms with E-state index in [1.807, 2.05) is 60.4 Å². The van der Waals surface area contributed by atoms with Crippen molar-refractivity contribution in [3.05, 3.63) is 59.7 Å². The predicted molar refractivity (Wildman–Crippen MR) is 97.3 cm³/mol. The van der Waals surface area contributed by atoms with E-state index in [2.05, 4.69) is 5.32 Å². The summed E-state index contributed by atoms with van der Waals surface area (Å²) in [5, 5.41) is 3.38. The van der Waals surface area contributed by atoms with Crippen molar-refractivity contribution in [2.75, 3.05) is 33.4 Å². The molecule has 3 rings (SSSR count). The molecule has 1 heterocycles.